The molecule has 3 nitrogen and oxygen atoms in total. The summed E-state index contributed by atoms with van der Waals surface area (Å²) in [5.74, 6) is 1.66. The molecule has 12 heavy (non-hydrogen) atoms. The van der Waals surface area contributed by atoms with E-state index < -0.39 is 0 Å². The smallest absolute Gasteiger partial charge is 0.290 e. The first-order chi connectivity index (χ1) is 5.79. The Morgan fingerprint density at radius 2 is 2.08 bits per heavy atom. The molecule has 1 aromatic carbocycles. The van der Waals surface area contributed by atoms with Gasteiger partial charge in [-0.1, -0.05) is 6.07 Å². The molecule has 0 saturated carbocycles. The molecule has 3 heteroatoms. The zero-order valence-electron chi connectivity index (χ0n) is 7.04. The molecular weight excluding hydrogens is 154 g/mol. The van der Waals surface area contributed by atoms with Gasteiger partial charge in [0.05, 0.1) is 0 Å². The molecule has 0 saturated heterocycles. The van der Waals surface area contributed by atoms with Crippen molar-refractivity contribution in [1.82, 2.24) is 0 Å². The number of hydrogen-bond donors (Lipinski definition) is 1. The normalized spacial score (nSPS) is 19.7. The van der Waals surface area contributed by atoms with Crippen LogP contribution in [0.4, 0.5) is 0 Å². The van der Waals surface area contributed by atoms with Crippen LogP contribution in [0, 0.1) is 6.92 Å². The van der Waals surface area contributed by atoms with Crippen molar-refractivity contribution < 1.29 is 15.2 Å². The standard InChI is InChI=1S/C9H11NO2/c1-6-2-3-7-8(4-6)12-9(5-10)11-7/h2-4,9H,5,10H2,1H3/p+1. The van der Waals surface area contributed by atoms with Crippen molar-refractivity contribution in [3.8, 4) is 11.5 Å². The molecule has 0 aliphatic carbocycles. The van der Waals surface area contributed by atoms with E-state index in [1.807, 2.05) is 25.1 Å². The van der Waals surface area contributed by atoms with E-state index in [-0.39, 0.29) is 6.29 Å². The zero-order chi connectivity index (χ0) is 8.55. The third-order valence-electron chi connectivity index (χ3n) is 1.85. The van der Waals surface area contributed by atoms with E-state index in [1.54, 1.807) is 0 Å². The highest BCUT2D eigenvalue weighted by Gasteiger charge is 2.23. The highest BCUT2D eigenvalue weighted by atomic mass is 16.7. The van der Waals surface area contributed by atoms with Crippen molar-refractivity contribution in [2.24, 2.45) is 0 Å². The molecule has 0 amide bonds. The van der Waals surface area contributed by atoms with Crippen LogP contribution in [0.3, 0.4) is 0 Å². The molecule has 0 fully saturated rings. The molecule has 0 bridgehead atoms. The van der Waals surface area contributed by atoms with E-state index in [2.05, 4.69) is 5.73 Å². The van der Waals surface area contributed by atoms with Crippen LogP contribution in [0.2, 0.25) is 0 Å². The first-order valence-electron chi connectivity index (χ1n) is 4.03. The molecule has 0 aromatic heterocycles. The minimum atomic E-state index is -0.193. The Morgan fingerprint density at radius 1 is 1.33 bits per heavy atom. The van der Waals surface area contributed by atoms with E-state index in [0.29, 0.717) is 6.54 Å². The Labute approximate surface area is 71.1 Å². The number of hydrogen-bond acceptors (Lipinski definition) is 2. The van der Waals surface area contributed by atoms with Crippen molar-refractivity contribution in [3.05, 3.63) is 23.8 Å². The maximum Gasteiger partial charge on any atom is 0.290 e. The Kier molecular flexibility index (Phi) is 1.66. The molecule has 1 aliphatic heterocycles. The van der Waals surface area contributed by atoms with Crippen molar-refractivity contribution >= 4 is 0 Å². The van der Waals surface area contributed by atoms with Gasteiger partial charge in [-0.15, -0.1) is 0 Å². The van der Waals surface area contributed by atoms with Crippen molar-refractivity contribution in [1.29, 1.82) is 0 Å². The first-order valence-corrected chi connectivity index (χ1v) is 4.03. The van der Waals surface area contributed by atoms with E-state index in [4.69, 9.17) is 9.47 Å². The van der Waals surface area contributed by atoms with Crippen LogP contribution in [0.25, 0.3) is 0 Å². The van der Waals surface area contributed by atoms with Gasteiger partial charge in [0.1, 0.15) is 6.54 Å². The van der Waals surface area contributed by atoms with Crippen LogP contribution in [-0.4, -0.2) is 12.8 Å². The van der Waals surface area contributed by atoms with Crippen molar-refractivity contribution in [3.63, 3.8) is 0 Å². The second-order valence-corrected chi connectivity index (χ2v) is 2.90. The first kappa shape index (κ1) is 7.43. The molecule has 0 spiro atoms. The third kappa shape index (κ3) is 1.12. The van der Waals surface area contributed by atoms with Gasteiger partial charge in [-0.2, -0.15) is 0 Å². The highest BCUT2D eigenvalue weighted by Crippen LogP contribution is 2.34. The molecule has 0 radical (unpaired) electrons. The number of ether oxygens (including phenoxy) is 2. The lowest BCUT2D eigenvalue weighted by Crippen LogP contribution is -2.57. The summed E-state index contributed by atoms with van der Waals surface area (Å²) < 4.78 is 10.9. The number of aryl methyl sites for hydroxylation is 1. The maximum atomic E-state index is 5.45. The summed E-state index contributed by atoms with van der Waals surface area (Å²) in [7, 11) is 0. The van der Waals surface area contributed by atoms with E-state index >= 15 is 0 Å². The average molecular weight is 166 g/mol. The van der Waals surface area contributed by atoms with Gasteiger partial charge in [0.2, 0.25) is 0 Å². The fourth-order valence-corrected chi connectivity index (χ4v) is 1.23. The maximum absolute atomic E-state index is 5.45. The summed E-state index contributed by atoms with van der Waals surface area (Å²) in [4.78, 5) is 0. The van der Waals surface area contributed by atoms with E-state index in [0.717, 1.165) is 11.5 Å². The molecule has 1 atom stereocenters. The summed E-state index contributed by atoms with van der Waals surface area (Å²) in [6, 6.07) is 5.92. The number of quaternary nitrogens is 1. The lowest BCUT2D eigenvalue weighted by atomic mass is 10.2. The van der Waals surface area contributed by atoms with Gasteiger partial charge in [-0.05, 0) is 24.6 Å². The third-order valence-corrected chi connectivity index (χ3v) is 1.85. The van der Waals surface area contributed by atoms with Gasteiger partial charge in [0, 0.05) is 0 Å². The minimum absolute atomic E-state index is 0.193. The number of fused-ring (bicyclic) bond motifs is 1. The van der Waals surface area contributed by atoms with Gasteiger partial charge in [-0.3, -0.25) is 0 Å². The predicted octanol–water partition coefficient (Wildman–Crippen LogP) is 0.334. The van der Waals surface area contributed by atoms with Gasteiger partial charge < -0.3 is 15.2 Å². The highest BCUT2D eigenvalue weighted by molar-refractivity contribution is 5.44. The molecule has 3 N–H and O–H groups in total. The molecule has 1 aliphatic rings. The summed E-state index contributed by atoms with van der Waals surface area (Å²) in [6.45, 7) is 2.66. The van der Waals surface area contributed by atoms with Crippen LogP contribution < -0.4 is 15.2 Å². The molecule has 2 rings (SSSR count). The van der Waals surface area contributed by atoms with Crippen LogP contribution in [0.1, 0.15) is 5.56 Å². The molecule has 1 unspecified atom stereocenters. The van der Waals surface area contributed by atoms with Gasteiger partial charge in [0.25, 0.3) is 6.29 Å². The molecular formula is C9H12NO2+. The second-order valence-electron chi connectivity index (χ2n) is 2.90. The topological polar surface area (TPSA) is 46.1 Å². The van der Waals surface area contributed by atoms with Crippen LogP contribution >= 0.6 is 0 Å². The number of rotatable bonds is 1. The average Bonchev–Trinajstić information content (AvgIpc) is 2.46. The summed E-state index contributed by atoms with van der Waals surface area (Å²) >= 11 is 0. The fourth-order valence-electron chi connectivity index (χ4n) is 1.23. The summed E-state index contributed by atoms with van der Waals surface area (Å²) in [5.41, 5.74) is 4.91. The van der Waals surface area contributed by atoms with Crippen molar-refractivity contribution in [2.45, 2.75) is 13.2 Å². The Morgan fingerprint density at radius 3 is 2.83 bits per heavy atom. The zero-order valence-corrected chi connectivity index (χ0v) is 7.04. The SMILES string of the molecule is Cc1ccc2c(c1)OC(C[NH3+])O2. The van der Waals surface area contributed by atoms with Crippen LogP contribution in [0.15, 0.2) is 18.2 Å². The predicted molar refractivity (Wildman–Crippen MR) is 44.0 cm³/mol. The molecule has 1 aromatic rings. The van der Waals surface area contributed by atoms with Crippen molar-refractivity contribution in [2.75, 3.05) is 6.54 Å². The monoisotopic (exact) mass is 166 g/mol. The Hall–Kier alpha value is -1.22. The largest absolute Gasteiger partial charge is 0.445 e. The van der Waals surface area contributed by atoms with E-state index in [9.17, 15) is 0 Å². The molecule has 64 valence electrons. The summed E-state index contributed by atoms with van der Waals surface area (Å²) in [5, 5.41) is 0. The van der Waals surface area contributed by atoms with Gasteiger partial charge >= 0.3 is 0 Å². The lowest BCUT2D eigenvalue weighted by Gasteiger charge is -2.02. The Balaban J connectivity index is 2.30. The van der Waals surface area contributed by atoms with Crippen LogP contribution in [0.5, 0.6) is 11.5 Å². The van der Waals surface area contributed by atoms with Gasteiger partial charge in [-0.25, -0.2) is 0 Å². The summed E-state index contributed by atoms with van der Waals surface area (Å²) in [6.07, 6.45) is -0.193. The lowest BCUT2D eigenvalue weighted by molar-refractivity contribution is -0.393. The fraction of sp³-hybridized carbons (Fsp3) is 0.333. The van der Waals surface area contributed by atoms with Crippen LogP contribution in [-0.2, 0) is 0 Å². The quantitative estimate of drug-likeness (QED) is 0.653. The number of benzene rings is 1. The molecule has 1 heterocycles. The Bertz CT molecular complexity index is 299. The van der Waals surface area contributed by atoms with E-state index in [1.165, 1.54) is 5.56 Å². The second kappa shape index (κ2) is 2.68. The van der Waals surface area contributed by atoms with Gasteiger partial charge in [0.15, 0.2) is 11.5 Å². The minimum Gasteiger partial charge on any atom is -0.445 e.